The Morgan fingerprint density at radius 1 is 1.60 bits per heavy atom. The van der Waals surface area contributed by atoms with Crippen molar-refractivity contribution in [2.45, 2.75) is 25.8 Å². The van der Waals surface area contributed by atoms with Gasteiger partial charge in [-0.3, -0.25) is 0 Å². The zero-order valence-corrected chi connectivity index (χ0v) is 10.4. The van der Waals surface area contributed by atoms with Crippen molar-refractivity contribution in [3.8, 4) is 0 Å². The molecule has 1 aliphatic rings. The quantitative estimate of drug-likeness (QED) is 0.911. The van der Waals surface area contributed by atoms with Crippen LogP contribution in [-0.4, -0.2) is 29.3 Å². The zero-order chi connectivity index (χ0) is 10.8. The average Bonchev–Trinajstić information content (AvgIpc) is 3.02. The summed E-state index contributed by atoms with van der Waals surface area (Å²) in [6.07, 6.45) is 4.27. The van der Waals surface area contributed by atoms with Crippen LogP contribution in [0.25, 0.3) is 0 Å². The van der Waals surface area contributed by atoms with Gasteiger partial charge in [0, 0.05) is 23.3 Å². The van der Waals surface area contributed by atoms with Crippen LogP contribution in [0, 0.1) is 6.92 Å². The Balaban J connectivity index is 2.21. The summed E-state index contributed by atoms with van der Waals surface area (Å²) in [7, 11) is 0. The fraction of sp³-hybridized carbons (Fsp3) is 0.545. The Morgan fingerprint density at radius 2 is 2.33 bits per heavy atom. The monoisotopic (exact) mass is 270 g/mol. The molecule has 0 aliphatic heterocycles. The lowest BCUT2D eigenvalue weighted by Gasteiger charge is -2.22. The van der Waals surface area contributed by atoms with Crippen LogP contribution < -0.4 is 4.90 Å². The van der Waals surface area contributed by atoms with Crippen LogP contribution in [0.2, 0.25) is 0 Å². The van der Waals surface area contributed by atoms with Crippen molar-refractivity contribution in [1.82, 2.24) is 4.98 Å². The highest BCUT2D eigenvalue weighted by Crippen LogP contribution is 2.31. The summed E-state index contributed by atoms with van der Waals surface area (Å²) in [6.45, 7) is 2.92. The van der Waals surface area contributed by atoms with E-state index in [2.05, 4.69) is 38.8 Å². The smallest absolute Gasteiger partial charge is 0.129 e. The number of pyridine rings is 1. The maximum absolute atomic E-state index is 9.02. The van der Waals surface area contributed by atoms with Gasteiger partial charge >= 0.3 is 0 Å². The molecule has 3 nitrogen and oxygen atoms in total. The molecule has 0 radical (unpaired) electrons. The number of aryl methyl sites for hydroxylation is 1. The van der Waals surface area contributed by atoms with E-state index in [0.717, 1.165) is 10.3 Å². The standard InChI is InChI=1S/C11H15BrN2O/c1-8-6-11(13-7-10(8)12)14(4-5-15)9-2-3-9/h6-7,9,15H,2-5H2,1H3. The molecule has 2 rings (SSSR count). The number of nitrogens with zero attached hydrogens (tertiary/aromatic N) is 2. The third-order valence-corrected chi connectivity index (χ3v) is 3.49. The van der Waals surface area contributed by atoms with E-state index in [4.69, 9.17) is 5.11 Å². The molecule has 1 aromatic heterocycles. The van der Waals surface area contributed by atoms with Crippen molar-refractivity contribution in [3.05, 3.63) is 22.3 Å². The van der Waals surface area contributed by atoms with Crippen LogP contribution in [0.15, 0.2) is 16.7 Å². The van der Waals surface area contributed by atoms with Gasteiger partial charge in [-0.1, -0.05) is 0 Å². The van der Waals surface area contributed by atoms with Crippen molar-refractivity contribution in [3.63, 3.8) is 0 Å². The number of hydrogen-bond donors (Lipinski definition) is 1. The number of aliphatic hydroxyl groups excluding tert-OH is 1. The second-order valence-corrected chi connectivity index (χ2v) is 4.79. The largest absolute Gasteiger partial charge is 0.395 e. The van der Waals surface area contributed by atoms with Crippen LogP contribution in [0.1, 0.15) is 18.4 Å². The molecule has 0 atom stereocenters. The van der Waals surface area contributed by atoms with Gasteiger partial charge in [0.25, 0.3) is 0 Å². The van der Waals surface area contributed by atoms with E-state index < -0.39 is 0 Å². The fourth-order valence-electron chi connectivity index (χ4n) is 1.66. The molecule has 1 aromatic rings. The number of hydrogen-bond acceptors (Lipinski definition) is 3. The van der Waals surface area contributed by atoms with E-state index >= 15 is 0 Å². The van der Waals surface area contributed by atoms with E-state index in [9.17, 15) is 0 Å². The summed E-state index contributed by atoms with van der Waals surface area (Å²) in [4.78, 5) is 6.58. The Labute approximate surface area is 98.3 Å². The predicted molar refractivity (Wildman–Crippen MR) is 64.1 cm³/mol. The normalized spacial score (nSPS) is 15.4. The lowest BCUT2D eigenvalue weighted by Crippen LogP contribution is -2.29. The minimum atomic E-state index is 0.188. The minimum Gasteiger partial charge on any atom is -0.395 e. The summed E-state index contributed by atoms with van der Waals surface area (Å²) in [5, 5.41) is 9.02. The van der Waals surface area contributed by atoms with Gasteiger partial charge in [-0.05, 0) is 47.3 Å². The number of halogens is 1. The highest BCUT2D eigenvalue weighted by Gasteiger charge is 2.29. The topological polar surface area (TPSA) is 36.4 Å². The molecule has 1 saturated carbocycles. The van der Waals surface area contributed by atoms with Crippen molar-refractivity contribution in [1.29, 1.82) is 0 Å². The van der Waals surface area contributed by atoms with Gasteiger partial charge in [0.15, 0.2) is 0 Å². The lowest BCUT2D eigenvalue weighted by molar-refractivity contribution is 0.301. The lowest BCUT2D eigenvalue weighted by atomic mass is 10.3. The van der Waals surface area contributed by atoms with Crippen LogP contribution >= 0.6 is 15.9 Å². The predicted octanol–water partition coefficient (Wildman–Crippen LogP) is 2.11. The second kappa shape index (κ2) is 4.49. The molecule has 82 valence electrons. The first-order chi connectivity index (χ1) is 7.22. The first-order valence-electron chi connectivity index (χ1n) is 5.22. The molecule has 0 saturated heterocycles. The minimum absolute atomic E-state index is 0.188. The molecular formula is C11H15BrN2O. The third kappa shape index (κ3) is 2.49. The van der Waals surface area contributed by atoms with Crippen LogP contribution in [-0.2, 0) is 0 Å². The van der Waals surface area contributed by atoms with Gasteiger partial charge < -0.3 is 10.0 Å². The van der Waals surface area contributed by atoms with Gasteiger partial charge in [0.1, 0.15) is 5.82 Å². The molecular weight excluding hydrogens is 256 g/mol. The van der Waals surface area contributed by atoms with E-state index in [0.29, 0.717) is 12.6 Å². The molecule has 0 bridgehead atoms. The van der Waals surface area contributed by atoms with Crippen molar-refractivity contribution in [2.75, 3.05) is 18.1 Å². The molecule has 0 aromatic carbocycles. The van der Waals surface area contributed by atoms with Crippen molar-refractivity contribution < 1.29 is 5.11 Å². The summed E-state index contributed by atoms with van der Waals surface area (Å²) in [5.41, 5.74) is 1.18. The molecule has 1 N–H and O–H groups in total. The number of aromatic nitrogens is 1. The fourth-order valence-corrected chi connectivity index (χ4v) is 1.88. The summed E-state index contributed by atoms with van der Waals surface area (Å²) in [5.74, 6) is 0.979. The Bertz CT molecular complexity index is 352. The number of aliphatic hydroxyl groups is 1. The van der Waals surface area contributed by atoms with Gasteiger partial charge in [-0.2, -0.15) is 0 Å². The maximum atomic E-state index is 9.02. The Kier molecular flexibility index (Phi) is 3.26. The summed E-state index contributed by atoms with van der Waals surface area (Å²) >= 11 is 3.44. The molecule has 1 aliphatic carbocycles. The van der Waals surface area contributed by atoms with E-state index in [-0.39, 0.29) is 6.61 Å². The van der Waals surface area contributed by atoms with Crippen molar-refractivity contribution in [2.24, 2.45) is 0 Å². The molecule has 1 heterocycles. The van der Waals surface area contributed by atoms with Crippen LogP contribution in [0.5, 0.6) is 0 Å². The molecule has 0 spiro atoms. The SMILES string of the molecule is Cc1cc(N(CCO)C2CC2)ncc1Br. The Morgan fingerprint density at radius 3 is 2.87 bits per heavy atom. The first kappa shape index (κ1) is 10.9. The molecule has 0 unspecified atom stereocenters. The summed E-state index contributed by atoms with van der Waals surface area (Å²) in [6, 6.07) is 2.66. The second-order valence-electron chi connectivity index (χ2n) is 3.94. The van der Waals surface area contributed by atoms with Gasteiger partial charge in [-0.25, -0.2) is 4.98 Å². The van der Waals surface area contributed by atoms with Gasteiger partial charge in [-0.15, -0.1) is 0 Å². The zero-order valence-electron chi connectivity index (χ0n) is 8.78. The van der Waals surface area contributed by atoms with E-state index in [1.165, 1.54) is 18.4 Å². The number of anilines is 1. The highest BCUT2D eigenvalue weighted by atomic mass is 79.9. The number of rotatable bonds is 4. The molecule has 0 amide bonds. The van der Waals surface area contributed by atoms with Crippen LogP contribution in [0.4, 0.5) is 5.82 Å². The molecule has 15 heavy (non-hydrogen) atoms. The van der Waals surface area contributed by atoms with Crippen molar-refractivity contribution >= 4 is 21.7 Å². The van der Waals surface area contributed by atoms with Crippen LogP contribution in [0.3, 0.4) is 0 Å². The summed E-state index contributed by atoms with van der Waals surface area (Å²) < 4.78 is 1.03. The highest BCUT2D eigenvalue weighted by molar-refractivity contribution is 9.10. The average molecular weight is 271 g/mol. The molecule has 4 heteroatoms. The first-order valence-corrected chi connectivity index (χ1v) is 6.01. The maximum Gasteiger partial charge on any atom is 0.129 e. The van der Waals surface area contributed by atoms with E-state index in [1.807, 2.05) is 6.20 Å². The van der Waals surface area contributed by atoms with E-state index in [1.54, 1.807) is 0 Å². The Hall–Kier alpha value is -0.610. The van der Waals surface area contributed by atoms with Gasteiger partial charge in [0.2, 0.25) is 0 Å². The third-order valence-electron chi connectivity index (χ3n) is 2.66. The molecule has 1 fully saturated rings. The van der Waals surface area contributed by atoms with Gasteiger partial charge in [0.05, 0.1) is 6.61 Å².